The molecule has 0 bridgehead atoms. The lowest BCUT2D eigenvalue weighted by Crippen LogP contribution is -2.06. The van der Waals surface area contributed by atoms with E-state index in [0.717, 1.165) is 12.1 Å². The van der Waals surface area contributed by atoms with Crippen molar-refractivity contribution in [3.8, 4) is 17.1 Å². The highest BCUT2D eigenvalue weighted by atomic mass is 16.6. The van der Waals surface area contributed by atoms with Gasteiger partial charge in [0.2, 0.25) is 5.82 Å². The fraction of sp³-hybridized carbons (Fsp3) is 0.182. The topological polar surface area (TPSA) is 131 Å². The van der Waals surface area contributed by atoms with Gasteiger partial charge in [0.15, 0.2) is 11.6 Å². The summed E-state index contributed by atoms with van der Waals surface area (Å²) in [6.45, 7) is 1.85. The Morgan fingerprint density at radius 3 is 2.95 bits per heavy atom. The lowest BCUT2D eigenvalue weighted by atomic mass is 10.2. The Morgan fingerprint density at radius 1 is 1.55 bits per heavy atom. The van der Waals surface area contributed by atoms with E-state index in [2.05, 4.69) is 15.2 Å². The number of carbonyl (C=O) groups excluding carboxylic acids is 1. The third-order valence-corrected chi connectivity index (χ3v) is 2.38. The molecule has 104 valence electrons. The zero-order chi connectivity index (χ0) is 14.7. The molecular weight excluding hydrogens is 268 g/mol. The number of aromatic hydroxyl groups is 1. The van der Waals surface area contributed by atoms with Crippen molar-refractivity contribution in [2.75, 3.05) is 6.61 Å². The molecule has 1 aromatic carbocycles. The van der Waals surface area contributed by atoms with Crippen LogP contribution in [0.25, 0.3) is 11.4 Å². The first-order chi connectivity index (χ1) is 9.52. The molecule has 0 saturated heterocycles. The van der Waals surface area contributed by atoms with Gasteiger partial charge < -0.3 is 9.84 Å². The number of aromatic nitrogens is 3. The fourth-order valence-corrected chi connectivity index (χ4v) is 1.49. The predicted molar refractivity (Wildman–Crippen MR) is 66.1 cm³/mol. The second kappa shape index (κ2) is 5.34. The molecule has 1 heterocycles. The highest BCUT2D eigenvalue weighted by Gasteiger charge is 2.18. The Balaban J connectivity index is 2.35. The first-order valence-electron chi connectivity index (χ1n) is 5.60. The van der Waals surface area contributed by atoms with Crippen LogP contribution in [0.15, 0.2) is 18.2 Å². The lowest BCUT2D eigenvalue weighted by molar-refractivity contribution is -0.385. The first-order valence-corrected chi connectivity index (χ1v) is 5.60. The zero-order valence-corrected chi connectivity index (χ0v) is 10.4. The molecule has 0 unspecified atom stereocenters. The number of nitrogens with one attached hydrogen (secondary N) is 1. The predicted octanol–water partition coefficient (Wildman–Crippen LogP) is 1.26. The molecule has 1 aromatic heterocycles. The van der Waals surface area contributed by atoms with Gasteiger partial charge in [-0.1, -0.05) is 0 Å². The quantitative estimate of drug-likeness (QED) is 0.488. The number of aromatic amines is 1. The van der Waals surface area contributed by atoms with E-state index < -0.39 is 22.3 Å². The molecule has 0 radical (unpaired) electrons. The Kier molecular flexibility index (Phi) is 3.60. The number of ether oxygens (including phenoxy) is 1. The fourth-order valence-electron chi connectivity index (χ4n) is 1.49. The van der Waals surface area contributed by atoms with Gasteiger partial charge in [-0.15, -0.1) is 0 Å². The first kappa shape index (κ1) is 13.5. The maximum absolute atomic E-state index is 11.4. The van der Waals surface area contributed by atoms with Crippen molar-refractivity contribution in [3.05, 3.63) is 34.1 Å². The summed E-state index contributed by atoms with van der Waals surface area (Å²) in [5, 5.41) is 26.2. The number of benzene rings is 1. The van der Waals surface area contributed by atoms with E-state index in [1.807, 2.05) is 0 Å². The van der Waals surface area contributed by atoms with Gasteiger partial charge in [-0.25, -0.2) is 9.78 Å². The van der Waals surface area contributed by atoms with Crippen LogP contribution in [0.3, 0.4) is 0 Å². The molecule has 9 heteroatoms. The Labute approximate surface area is 112 Å². The molecule has 0 spiro atoms. The van der Waals surface area contributed by atoms with Gasteiger partial charge >= 0.3 is 11.7 Å². The molecule has 2 aromatic rings. The van der Waals surface area contributed by atoms with Crippen LogP contribution in [0.1, 0.15) is 17.5 Å². The Hall–Kier alpha value is -2.97. The van der Waals surface area contributed by atoms with E-state index in [1.54, 1.807) is 6.92 Å². The second-order valence-electron chi connectivity index (χ2n) is 3.69. The second-order valence-corrected chi connectivity index (χ2v) is 3.69. The molecule has 20 heavy (non-hydrogen) atoms. The summed E-state index contributed by atoms with van der Waals surface area (Å²) in [6, 6.07) is 3.68. The molecule has 0 atom stereocenters. The van der Waals surface area contributed by atoms with Crippen molar-refractivity contribution >= 4 is 11.7 Å². The Morgan fingerprint density at radius 2 is 2.30 bits per heavy atom. The van der Waals surface area contributed by atoms with Crippen LogP contribution in [0.4, 0.5) is 5.69 Å². The third kappa shape index (κ3) is 2.55. The maximum Gasteiger partial charge on any atom is 0.375 e. The summed E-state index contributed by atoms with van der Waals surface area (Å²) in [4.78, 5) is 25.3. The van der Waals surface area contributed by atoms with Gasteiger partial charge in [-0.05, 0) is 19.1 Å². The van der Waals surface area contributed by atoms with Crippen molar-refractivity contribution in [1.29, 1.82) is 0 Å². The highest BCUT2D eigenvalue weighted by Crippen LogP contribution is 2.29. The van der Waals surface area contributed by atoms with Gasteiger partial charge in [-0.3, -0.25) is 15.2 Å². The van der Waals surface area contributed by atoms with Crippen LogP contribution in [0.2, 0.25) is 0 Å². The minimum Gasteiger partial charge on any atom is -0.502 e. The molecular formula is C11H10N4O5. The highest BCUT2D eigenvalue weighted by molar-refractivity contribution is 5.85. The van der Waals surface area contributed by atoms with E-state index in [4.69, 9.17) is 4.74 Å². The number of nitro groups is 1. The number of phenolic OH excluding ortho intramolecular Hbond substituents is 1. The lowest BCUT2D eigenvalue weighted by Gasteiger charge is -1.98. The standard InChI is InChI=1S/C11H10N4O5/c1-2-20-11(17)10-12-9(13-14-10)6-3-4-8(16)7(5-6)15(18)19/h3-5,16H,2H2,1H3,(H,12,13,14). The molecule has 0 aliphatic rings. The summed E-state index contributed by atoms with van der Waals surface area (Å²) >= 11 is 0. The van der Waals surface area contributed by atoms with E-state index >= 15 is 0 Å². The summed E-state index contributed by atoms with van der Waals surface area (Å²) in [7, 11) is 0. The minimum atomic E-state index is -0.724. The van der Waals surface area contributed by atoms with Crippen LogP contribution in [0.5, 0.6) is 5.75 Å². The SMILES string of the molecule is CCOC(=O)c1nc(-c2ccc(O)c([N+](=O)[O-])c2)n[nH]1. The summed E-state index contributed by atoms with van der Waals surface area (Å²) in [6.07, 6.45) is 0. The molecule has 9 nitrogen and oxygen atoms in total. The summed E-state index contributed by atoms with van der Waals surface area (Å²) in [5.74, 6) is -1.13. The average Bonchev–Trinajstić information content (AvgIpc) is 2.89. The smallest absolute Gasteiger partial charge is 0.375 e. The van der Waals surface area contributed by atoms with Crippen molar-refractivity contribution in [1.82, 2.24) is 15.2 Å². The Bertz CT molecular complexity index is 667. The number of hydrogen-bond acceptors (Lipinski definition) is 7. The molecule has 2 rings (SSSR count). The van der Waals surface area contributed by atoms with E-state index in [1.165, 1.54) is 6.07 Å². The van der Waals surface area contributed by atoms with Crippen molar-refractivity contribution in [2.45, 2.75) is 6.92 Å². The normalized spacial score (nSPS) is 10.2. The number of nitro benzene ring substituents is 1. The molecule has 0 fully saturated rings. The van der Waals surface area contributed by atoms with Crippen LogP contribution in [-0.2, 0) is 4.74 Å². The number of carbonyl (C=O) groups is 1. The molecule has 0 aliphatic carbocycles. The van der Waals surface area contributed by atoms with E-state index in [-0.39, 0.29) is 18.3 Å². The number of hydrogen-bond donors (Lipinski definition) is 2. The van der Waals surface area contributed by atoms with Gasteiger partial charge in [0, 0.05) is 11.6 Å². The number of phenols is 1. The van der Waals surface area contributed by atoms with Gasteiger partial charge in [-0.2, -0.15) is 5.10 Å². The van der Waals surface area contributed by atoms with Crippen LogP contribution >= 0.6 is 0 Å². The molecule has 0 saturated carbocycles. The summed E-state index contributed by atoms with van der Waals surface area (Å²) in [5.41, 5.74) is -0.175. The molecule has 0 aliphatic heterocycles. The van der Waals surface area contributed by atoms with E-state index in [9.17, 15) is 20.0 Å². The maximum atomic E-state index is 11.4. The van der Waals surface area contributed by atoms with E-state index in [0.29, 0.717) is 5.56 Å². The number of nitrogens with zero attached hydrogens (tertiary/aromatic N) is 3. The number of H-pyrrole nitrogens is 1. The number of esters is 1. The van der Waals surface area contributed by atoms with Gasteiger partial charge in [0.1, 0.15) is 0 Å². The minimum absolute atomic E-state index is 0.0937. The van der Waals surface area contributed by atoms with Crippen LogP contribution in [0, 0.1) is 10.1 Å². The van der Waals surface area contributed by atoms with Crippen LogP contribution < -0.4 is 0 Å². The average molecular weight is 278 g/mol. The van der Waals surface area contributed by atoms with Crippen molar-refractivity contribution in [2.24, 2.45) is 0 Å². The molecule has 0 amide bonds. The van der Waals surface area contributed by atoms with Crippen LogP contribution in [-0.4, -0.2) is 37.8 Å². The van der Waals surface area contributed by atoms with Crippen molar-refractivity contribution in [3.63, 3.8) is 0 Å². The van der Waals surface area contributed by atoms with Crippen molar-refractivity contribution < 1.29 is 19.6 Å². The van der Waals surface area contributed by atoms with Gasteiger partial charge in [0.05, 0.1) is 11.5 Å². The zero-order valence-electron chi connectivity index (χ0n) is 10.4. The monoisotopic (exact) mass is 278 g/mol. The molecule has 2 N–H and O–H groups in total. The third-order valence-electron chi connectivity index (χ3n) is 2.38. The summed E-state index contributed by atoms with van der Waals surface area (Å²) < 4.78 is 4.74. The number of rotatable bonds is 4. The van der Waals surface area contributed by atoms with Gasteiger partial charge in [0.25, 0.3) is 0 Å². The largest absolute Gasteiger partial charge is 0.502 e.